The van der Waals surface area contributed by atoms with E-state index in [1.165, 1.54) is 18.2 Å². The molecule has 2 aromatic carbocycles. The molecule has 1 unspecified atom stereocenters. The third-order valence-corrected chi connectivity index (χ3v) is 4.34. The van der Waals surface area contributed by atoms with Crippen LogP contribution in [0.1, 0.15) is 11.1 Å². The molecule has 0 aromatic heterocycles. The largest absolute Gasteiger partial charge is 0.508 e. The molecule has 0 saturated carbocycles. The summed E-state index contributed by atoms with van der Waals surface area (Å²) < 4.78 is 10.5. The van der Waals surface area contributed by atoms with Crippen LogP contribution in [0.3, 0.4) is 0 Å². The van der Waals surface area contributed by atoms with Crippen LogP contribution in [-0.2, 0) is 9.53 Å². The zero-order valence-corrected chi connectivity index (χ0v) is 15.0. The summed E-state index contributed by atoms with van der Waals surface area (Å²) in [6, 6.07) is 10.6. The Morgan fingerprint density at radius 1 is 0.862 bits per heavy atom. The highest BCUT2D eigenvalue weighted by Crippen LogP contribution is 2.26. The molecule has 29 heavy (non-hydrogen) atoms. The van der Waals surface area contributed by atoms with Gasteiger partial charge in [0.05, 0.1) is 0 Å². The Kier molecular flexibility index (Phi) is 6.04. The fourth-order valence-electron chi connectivity index (χ4n) is 2.85. The number of carboxylic acids is 1. The second-order valence-electron chi connectivity index (χ2n) is 6.54. The topological polar surface area (TPSA) is 157 Å². The zero-order chi connectivity index (χ0) is 21.1. The number of aromatic hydroxyl groups is 2. The van der Waals surface area contributed by atoms with E-state index in [0.29, 0.717) is 5.56 Å². The predicted molar refractivity (Wildman–Crippen MR) is 100 cm³/mol. The van der Waals surface area contributed by atoms with Crippen molar-refractivity contribution in [3.63, 3.8) is 0 Å². The Balaban J connectivity index is 1.68. The third kappa shape index (κ3) is 4.84. The minimum Gasteiger partial charge on any atom is -0.508 e. The van der Waals surface area contributed by atoms with E-state index in [1.807, 2.05) is 0 Å². The highest BCUT2D eigenvalue weighted by atomic mass is 16.7. The lowest BCUT2D eigenvalue weighted by Gasteiger charge is -2.38. The highest BCUT2D eigenvalue weighted by molar-refractivity contribution is 5.73. The maximum atomic E-state index is 11.1. The molecule has 9 nitrogen and oxygen atoms in total. The van der Waals surface area contributed by atoms with E-state index in [0.717, 1.165) is 5.56 Å². The van der Waals surface area contributed by atoms with Crippen molar-refractivity contribution in [2.24, 2.45) is 0 Å². The summed E-state index contributed by atoms with van der Waals surface area (Å²) in [5, 5.41) is 57.5. The summed E-state index contributed by atoms with van der Waals surface area (Å²) in [6.45, 7) is 0. The molecule has 1 heterocycles. The monoisotopic (exact) mass is 404 g/mol. The quantitative estimate of drug-likeness (QED) is 0.391. The van der Waals surface area contributed by atoms with Crippen LogP contribution < -0.4 is 4.74 Å². The lowest BCUT2D eigenvalue weighted by Crippen LogP contribution is -2.61. The average Bonchev–Trinajstić information content (AvgIpc) is 2.67. The number of aliphatic hydroxyl groups is 3. The molecule has 2 aromatic rings. The standard InChI is InChI=1S/C20H20O9/c21-12-7-11(8-13(22)9-12)2-1-10-3-5-14(6-4-10)28-20-17(25)15(23)16(24)18(29-20)19(26)27/h1-9,15-18,20-25H,(H,26,27)/b2-1-/t15-,16-,17-,18?,20+/m1/s1. The smallest absolute Gasteiger partial charge is 0.335 e. The van der Waals surface area contributed by atoms with Crippen LogP contribution in [0.25, 0.3) is 12.2 Å². The minimum absolute atomic E-state index is 0.0635. The van der Waals surface area contributed by atoms with Crippen molar-refractivity contribution in [3.8, 4) is 17.2 Å². The molecular formula is C20H20O9. The van der Waals surface area contributed by atoms with Gasteiger partial charge in [0.2, 0.25) is 6.29 Å². The van der Waals surface area contributed by atoms with Crippen molar-refractivity contribution in [2.75, 3.05) is 0 Å². The lowest BCUT2D eigenvalue weighted by atomic mass is 9.99. The second-order valence-corrected chi connectivity index (χ2v) is 6.54. The van der Waals surface area contributed by atoms with Crippen LogP contribution in [0.15, 0.2) is 42.5 Å². The number of phenols is 2. The van der Waals surface area contributed by atoms with Gasteiger partial charge in [-0.05, 0) is 35.4 Å². The van der Waals surface area contributed by atoms with E-state index in [1.54, 1.807) is 36.4 Å². The van der Waals surface area contributed by atoms with Gasteiger partial charge in [-0.2, -0.15) is 0 Å². The van der Waals surface area contributed by atoms with Crippen molar-refractivity contribution >= 4 is 18.1 Å². The summed E-state index contributed by atoms with van der Waals surface area (Å²) in [5.74, 6) is -1.37. The first-order valence-electron chi connectivity index (χ1n) is 8.65. The number of hydrogen-bond acceptors (Lipinski definition) is 8. The van der Waals surface area contributed by atoms with Crippen LogP contribution in [-0.4, -0.2) is 67.3 Å². The van der Waals surface area contributed by atoms with Crippen LogP contribution in [0.5, 0.6) is 17.2 Å². The second kappa shape index (κ2) is 8.50. The number of benzene rings is 2. The Morgan fingerprint density at radius 3 is 2.03 bits per heavy atom. The van der Waals surface area contributed by atoms with Gasteiger partial charge in [0, 0.05) is 6.07 Å². The van der Waals surface area contributed by atoms with Gasteiger partial charge in [-0.1, -0.05) is 24.3 Å². The number of ether oxygens (including phenoxy) is 2. The molecule has 154 valence electrons. The van der Waals surface area contributed by atoms with Gasteiger partial charge >= 0.3 is 5.97 Å². The number of rotatable bonds is 5. The number of aliphatic carboxylic acids is 1. The Morgan fingerprint density at radius 2 is 1.45 bits per heavy atom. The minimum atomic E-state index is -1.79. The Bertz CT molecular complexity index is 873. The number of aliphatic hydroxyl groups excluding tert-OH is 3. The SMILES string of the molecule is O=C(O)C1O[C@H](Oc2ccc(/C=C\c3cc(O)cc(O)c3)cc2)[C@H](O)[C@H](O)[C@H]1O. The maximum Gasteiger partial charge on any atom is 0.335 e. The molecule has 1 aliphatic rings. The molecule has 0 amide bonds. The van der Waals surface area contributed by atoms with E-state index >= 15 is 0 Å². The summed E-state index contributed by atoms with van der Waals surface area (Å²) in [6.07, 6.45) is -4.98. The fraction of sp³-hybridized carbons (Fsp3) is 0.250. The first-order chi connectivity index (χ1) is 13.7. The van der Waals surface area contributed by atoms with Crippen molar-refractivity contribution in [1.29, 1.82) is 0 Å². The van der Waals surface area contributed by atoms with Gasteiger partial charge in [0.25, 0.3) is 0 Å². The van der Waals surface area contributed by atoms with Gasteiger partial charge in [-0.25, -0.2) is 4.79 Å². The maximum absolute atomic E-state index is 11.1. The molecule has 1 saturated heterocycles. The summed E-state index contributed by atoms with van der Waals surface area (Å²) in [7, 11) is 0. The third-order valence-electron chi connectivity index (χ3n) is 4.34. The van der Waals surface area contributed by atoms with Crippen molar-refractivity contribution in [2.45, 2.75) is 30.7 Å². The number of carboxylic acid groups (broad SMARTS) is 1. The molecule has 1 aliphatic heterocycles. The molecule has 0 radical (unpaired) electrons. The number of phenolic OH excluding ortho intramolecular Hbond substituents is 2. The summed E-state index contributed by atoms with van der Waals surface area (Å²) in [4.78, 5) is 11.1. The van der Waals surface area contributed by atoms with Gasteiger partial charge in [-0.3, -0.25) is 0 Å². The predicted octanol–water partition coefficient (Wildman–Crippen LogP) is 0.539. The average molecular weight is 404 g/mol. The normalized spacial score (nSPS) is 27.1. The molecule has 6 N–H and O–H groups in total. The number of carbonyl (C=O) groups is 1. The molecule has 5 atom stereocenters. The molecule has 0 spiro atoms. The van der Waals surface area contributed by atoms with Crippen LogP contribution in [0, 0.1) is 0 Å². The van der Waals surface area contributed by atoms with E-state index in [9.17, 15) is 30.3 Å². The van der Waals surface area contributed by atoms with Gasteiger partial charge in [0.1, 0.15) is 35.6 Å². The highest BCUT2D eigenvalue weighted by Gasteiger charge is 2.48. The first-order valence-corrected chi connectivity index (χ1v) is 8.65. The van der Waals surface area contributed by atoms with Crippen LogP contribution in [0.2, 0.25) is 0 Å². The molecule has 1 fully saturated rings. The lowest BCUT2D eigenvalue weighted by molar-refractivity contribution is -0.271. The van der Waals surface area contributed by atoms with E-state index in [2.05, 4.69) is 0 Å². The van der Waals surface area contributed by atoms with E-state index in [4.69, 9.17) is 14.6 Å². The van der Waals surface area contributed by atoms with E-state index < -0.39 is 36.7 Å². The zero-order valence-electron chi connectivity index (χ0n) is 15.0. The van der Waals surface area contributed by atoms with Crippen LogP contribution in [0.4, 0.5) is 0 Å². The molecule has 0 aliphatic carbocycles. The van der Waals surface area contributed by atoms with Crippen molar-refractivity contribution < 1.29 is 44.9 Å². The van der Waals surface area contributed by atoms with Crippen molar-refractivity contribution in [3.05, 3.63) is 53.6 Å². The Hall–Kier alpha value is -3.11. The molecule has 0 bridgehead atoms. The van der Waals surface area contributed by atoms with E-state index in [-0.39, 0.29) is 17.2 Å². The molecular weight excluding hydrogens is 384 g/mol. The van der Waals surface area contributed by atoms with Crippen molar-refractivity contribution in [1.82, 2.24) is 0 Å². The molecule has 9 heteroatoms. The van der Waals surface area contributed by atoms with Crippen LogP contribution >= 0.6 is 0 Å². The summed E-state index contributed by atoms with van der Waals surface area (Å²) in [5.41, 5.74) is 1.35. The molecule has 3 rings (SSSR count). The summed E-state index contributed by atoms with van der Waals surface area (Å²) >= 11 is 0. The number of hydrogen-bond donors (Lipinski definition) is 6. The van der Waals surface area contributed by atoms with Gasteiger partial charge in [-0.15, -0.1) is 0 Å². The van der Waals surface area contributed by atoms with Gasteiger partial charge in [0.15, 0.2) is 6.10 Å². The fourth-order valence-corrected chi connectivity index (χ4v) is 2.85. The first kappa shape index (κ1) is 20.6. The Labute approximate surface area is 165 Å². The van der Waals surface area contributed by atoms with Gasteiger partial charge < -0.3 is 40.1 Å².